The van der Waals surface area contributed by atoms with Crippen molar-refractivity contribution in [3.8, 4) is 0 Å². The minimum Gasteiger partial charge on any atom is -0.289 e. The van der Waals surface area contributed by atoms with Gasteiger partial charge in [-0.2, -0.15) is 0 Å². The van der Waals surface area contributed by atoms with E-state index < -0.39 is 0 Å². The molecule has 2 rings (SSSR count). The molecular weight excluding hydrogens is 202 g/mol. The molecular formula is C13H9NO2. The summed E-state index contributed by atoms with van der Waals surface area (Å²) in [7, 11) is 0. The van der Waals surface area contributed by atoms with E-state index in [1.165, 1.54) is 24.4 Å². The molecule has 0 spiro atoms. The molecule has 0 saturated heterocycles. The lowest BCUT2D eigenvalue weighted by Crippen LogP contribution is -1.98. The average molecular weight is 211 g/mol. The number of benzene rings is 1. The molecule has 1 aliphatic rings. The Morgan fingerprint density at radius 1 is 0.938 bits per heavy atom. The first-order valence-electron chi connectivity index (χ1n) is 4.83. The first-order chi connectivity index (χ1) is 7.77. The maximum atomic E-state index is 11.7. The summed E-state index contributed by atoms with van der Waals surface area (Å²) in [5.74, 6) is -0.319. The molecule has 1 heterocycles. The van der Waals surface area contributed by atoms with Crippen LogP contribution >= 0.6 is 0 Å². The van der Waals surface area contributed by atoms with Crippen LogP contribution in [0.5, 0.6) is 0 Å². The van der Waals surface area contributed by atoms with Crippen molar-refractivity contribution >= 4 is 23.5 Å². The molecule has 3 heteroatoms. The zero-order chi connectivity index (χ0) is 11.4. The number of carbonyl (C=O) groups excluding carboxylic acids is 2. The first kappa shape index (κ1) is 10.2. The zero-order valence-corrected chi connectivity index (χ0v) is 8.46. The second-order valence-electron chi connectivity index (χ2n) is 3.26. The van der Waals surface area contributed by atoms with Gasteiger partial charge in [0.05, 0.1) is 11.9 Å². The third kappa shape index (κ3) is 2.20. The summed E-state index contributed by atoms with van der Waals surface area (Å²) < 4.78 is 0. The highest BCUT2D eigenvalue weighted by Crippen LogP contribution is 2.19. The highest BCUT2D eigenvalue weighted by Gasteiger charge is 2.07. The van der Waals surface area contributed by atoms with Crippen molar-refractivity contribution in [2.24, 2.45) is 4.99 Å². The number of hydrogen-bond acceptors (Lipinski definition) is 3. The lowest BCUT2D eigenvalue weighted by atomic mass is 10.1. The summed E-state index contributed by atoms with van der Waals surface area (Å²) in [6.07, 6.45) is 7.07. The fourth-order valence-corrected chi connectivity index (χ4v) is 1.35. The Morgan fingerprint density at radius 3 is 2.56 bits per heavy atom. The summed E-state index contributed by atoms with van der Waals surface area (Å²) in [4.78, 5) is 27.0. The van der Waals surface area contributed by atoms with Gasteiger partial charge in [0.25, 0.3) is 0 Å². The standard InChI is InChI=1S/C13H9NO2/c15-10-5-1-4-8-13(16)11-6-2-3-7-12(11)14-9-10/h1-9H/b5-1-,8-4-,14-9?. The normalized spacial score (nSPS) is 19.0. The van der Waals surface area contributed by atoms with E-state index in [1.54, 1.807) is 30.3 Å². The highest BCUT2D eigenvalue weighted by molar-refractivity contribution is 6.33. The quantitative estimate of drug-likeness (QED) is 0.660. The molecule has 1 aromatic rings. The topological polar surface area (TPSA) is 46.5 Å². The van der Waals surface area contributed by atoms with Gasteiger partial charge in [0.2, 0.25) is 0 Å². The van der Waals surface area contributed by atoms with Crippen molar-refractivity contribution in [3.05, 3.63) is 54.1 Å². The average Bonchev–Trinajstić information content (AvgIpc) is 2.31. The number of ketones is 2. The minimum absolute atomic E-state index is 0.119. The molecule has 1 aromatic carbocycles. The highest BCUT2D eigenvalue weighted by atomic mass is 16.1. The monoisotopic (exact) mass is 211 g/mol. The summed E-state index contributed by atoms with van der Waals surface area (Å²) >= 11 is 0. The van der Waals surface area contributed by atoms with Crippen molar-refractivity contribution in [3.63, 3.8) is 0 Å². The van der Waals surface area contributed by atoms with Gasteiger partial charge in [0.1, 0.15) is 0 Å². The van der Waals surface area contributed by atoms with Crippen molar-refractivity contribution in [1.82, 2.24) is 0 Å². The van der Waals surface area contributed by atoms with Gasteiger partial charge in [-0.1, -0.05) is 24.3 Å². The Hall–Kier alpha value is -2.29. The van der Waals surface area contributed by atoms with Crippen LogP contribution in [0, 0.1) is 0 Å². The van der Waals surface area contributed by atoms with E-state index in [-0.39, 0.29) is 11.6 Å². The molecule has 1 aliphatic heterocycles. The van der Waals surface area contributed by atoms with E-state index in [4.69, 9.17) is 0 Å². The van der Waals surface area contributed by atoms with Gasteiger partial charge >= 0.3 is 0 Å². The molecule has 3 nitrogen and oxygen atoms in total. The minimum atomic E-state index is -0.200. The van der Waals surface area contributed by atoms with Gasteiger partial charge in [-0.25, -0.2) is 0 Å². The molecule has 0 amide bonds. The van der Waals surface area contributed by atoms with Crippen molar-refractivity contribution in [2.45, 2.75) is 0 Å². The van der Waals surface area contributed by atoms with Crippen LogP contribution in [-0.4, -0.2) is 17.8 Å². The Labute approximate surface area is 92.8 Å². The molecule has 0 fully saturated rings. The lowest BCUT2D eigenvalue weighted by molar-refractivity contribution is -0.108. The van der Waals surface area contributed by atoms with E-state index in [2.05, 4.69) is 4.99 Å². The third-order valence-electron chi connectivity index (χ3n) is 2.12. The predicted molar refractivity (Wildman–Crippen MR) is 62.2 cm³/mol. The molecule has 16 heavy (non-hydrogen) atoms. The molecule has 0 aliphatic carbocycles. The molecule has 0 aromatic heterocycles. The zero-order valence-electron chi connectivity index (χ0n) is 8.46. The number of carbonyl (C=O) groups is 2. The first-order valence-corrected chi connectivity index (χ1v) is 4.83. The molecule has 0 radical (unpaired) electrons. The van der Waals surface area contributed by atoms with Gasteiger partial charge in [-0.15, -0.1) is 0 Å². The maximum absolute atomic E-state index is 11.7. The Bertz CT molecular complexity index is 524. The SMILES string of the molecule is O=C1C=Nc2ccccc2C(=O)/C=C\C=C/1. The van der Waals surface area contributed by atoms with Crippen LogP contribution in [0.25, 0.3) is 0 Å². The second kappa shape index (κ2) is 4.49. The van der Waals surface area contributed by atoms with Crippen molar-refractivity contribution in [2.75, 3.05) is 0 Å². The number of para-hydroxylation sites is 1. The Morgan fingerprint density at radius 2 is 1.69 bits per heavy atom. The van der Waals surface area contributed by atoms with Gasteiger partial charge in [0, 0.05) is 5.56 Å². The van der Waals surface area contributed by atoms with Crippen LogP contribution in [0.4, 0.5) is 5.69 Å². The predicted octanol–water partition coefficient (Wildman–Crippen LogP) is 2.27. The fourth-order valence-electron chi connectivity index (χ4n) is 1.35. The summed E-state index contributed by atoms with van der Waals surface area (Å²) in [5, 5.41) is 0. The Balaban J connectivity index is 2.54. The summed E-state index contributed by atoms with van der Waals surface area (Å²) in [6.45, 7) is 0. The van der Waals surface area contributed by atoms with Gasteiger partial charge < -0.3 is 0 Å². The van der Waals surface area contributed by atoms with Crippen LogP contribution in [0.15, 0.2) is 53.6 Å². The summed E-state index contributed by atoms with van der Waals surface area (Å²) in [6, 6.07) is 6.94. The molecule has 0 unspecified atom stereocenters. The number of aliphatic imine (C=N–C) groups is 1. The van der Waals surface area contributed by atoms with Crippen LogP contribution in [0.2, 0.25) is 0 Å². The van der Waals surface area contributed by atoms with Crippen LogP contribution in [0.1, 0.15) is 10.4 Å². The van der Waals surface area contributed by atoms with E-state index in [0.29, 0.717) is 11.3 Å². The molecule has 78 valence electrons. The van der Waals surface area contributed by atoms with Gasteiger partial charge in [-0.05, 0) is 24.3 Å². The number of hydrogen-bond donors (Lipinski definition) is 0. The number of nitrogens with zero attached hydrogens (tertiary/aromatic N) is 1. The smallest absolute Gasteiger partial charge is 0.196 e. The van der Waals surface area contributed by atoms with Crippen molar-refractivity contribution < 1.29 is 9.59 Å². The van der Waals surface area contributed by atoms with Gasteiger partial charge in [0.15, 0.2) is 11.6 Å². The largest absolute Gasteiger partial charge is 0.289 e. The van der Waals surface area contributed by atoms with E-state index in [1.807, 2.05) is 0 Å². The number of fused-ring (bicyclic) bond motifs is 1. The van der Waals surface area contributed by atoms with Crippen molar-refractivity contribution in [1.29, 1.82) is 0 Å². The van der Waals surface area contributed by atoms with E-state index in [9.17, 15) is 9.59 Å². The third-order valence-corrected chi connectivity index (χ3v) is 2.12. The molecule has 0 atom stereocenters. The van der Waals surface area contributed by atoms with Crippen LogP contribution in [-0.2, 0) is 4.79 Å². The molecule has 0 bridgehead atoms. The fraction of sp³-hybridized carbons (Fsp3) is 0. The Kier molecular flexibility index (Phi) is 2.87. The number of allylic oxidation sites excluding steroid dienone is 4. The van der Waals surface area contributed by atoms with E-state index >= 15 is 0 Å². The maximum Gasteiger partial charge on any atom is 0.196 e. The molecule has 0 N–H and O–H groups in total. The van der Waals surface area contributed by atoms with Crippen LogP contribution < -0.4 is 0 Å². The summed E-state index contributed by atoms with van der Waals surface area (Å²) in [5.41, 5.74) is 1.01. The van der Waals surface area contributed by atoms with Crippen LogP contribution in [0.3, 0.4) is 0 Å². The molecule has 0 saturated carbocycles. The van der Waals surface area contributed by atoms with E-state index in [0.717, 1.165) is 0 Å². The number of rotatable bonds is 0. The lowest BCUT2D eigenvalue weighted by Gasteiger charge is -2.01. The van der Waals surface area contributed by atoms with Gasteiger partial charge in [-0.3, -0.25) is 14.6 Å². The second-order valence-corrected chi connectivity index (χ2v) is 3.26.